The van der Waals surface area contributed by atoms with Gasteiger partial charge in [-0.25, -0.2) is 0 Å². The average Bonchev–Trinajstić information content (AvgIpc) is 2.37. The SMILES string of the molecule is CCOc1ccc(NC(=O)CSCCN(C)C)cc1. The minimum atomic E-state index is 0.0351. The molecule has 0 atom stereocenters. The predicted octanol–water partition coefficient (Wildman–Crippen LogP) is 2.32. The first kappa shape index (κ1) is 15.9. The van der Waals surface area contributed by atoms with Crippen molar-refractivity contribution in [3.63, 3.8) is 0 Å². The molecule has 0 aliphatic rings. The van der Waals surface area contributed by atoms with Gasteiger partial charge in [0.2, 0.25) is 5.91 Å². The highest BCUT2D eigenvalue weighted by Crippen LogP contribution is 2.15. The molecule has 0 aliphatic carbocycles. The number of carbonyl (C=O) groups excluding carboxylic acids is 1. The Hall–Kier alpha value is -1.20. The van der Waals surface area contributed by atoms with Gasteiger partial charge in [0, 0.05) is 18.0 Å². The molecule has 0 heterocycles. The van der Waals surface area contributed by atoms with Crippen LogP contribution in [0.1, 0.15) is 6.92 Å². The van der Waals surface area contributed by atoms with Crippen LogP contribution in [-0.4, -0.2) is 49.6 Å². The molecule has 1 aromatic rings. The first-order valence-electron chi connectivity index (χ1n) is 6.37. The van der Waals surface area contributed by atoms with Crippen LogP contribution in [0.25, 0.3) is 0 Å². The second-order valence-electron chi connectivity index (χ2n) is 4.36. The second kappa shape index (κ2) is 8.82. The molecule has 1 aromatic carbocycles. The normalized spacial score (nSPS) is 10.5. The lowest BCUT2D eigenvalue weighted by atomic mass is 10.3. The minimum absolute atomic E-state index is 0.0351. The van der Waals surface area contributed by atoms with Gasteiger partial charge in [-0.15, -0.1) is 0 Å². The fraction of sp³-hybridized carbons (Fsp3) is 0.500. The molecule has 0 fully saturated rings. The molecule has 0 bridgehead atoms. The van der Waals surface area contributed by atoms with Gasteiger partial charge in [-0.3, -0.25) is 4.79 Å². The monoisotopic (exact) mass is 282 g/mol. The molecule has 0 unspecified atom stereocenters. The molecule has 0 saturated carbocycles. The van der Waals surface area contributed by atoms with Gasteiger partial charge in [0.15, 0.2) is 0 Å². The third kappa shape index (κ3) is 7.08. The number of hydrogen-bond acceptors (Lipinski definition) is 4. The zero-order valence-corrected chi connectivity index (χ0v) is 12.6. The lowest BCUT2D eigenvalue weighted by Crippen LogP contribution is -2.18. The standard InChI is InChI=1S/C14H22N2O2S/c1-4-18-13-7-5-12(6-8-13)15-14(17)11-19-10-9-16(2)3/h5-8H,4,9-11H2,1-3H3,(H,15,17). The van der Waals surface area contributed by atoms with Crippen LogP contribution in [0.3, 0.4) is 0 Å². The highest BCUT2D eigenvalue weighted by molar-refractivity contribution is 7.99. The van der Waals surface area contributed by atoms with E-state index < -0.39 is 0 Å². The van der Waals surface area contributed by atoms with Crippen molar-refractivity contribution >= 4 is 23.4 Å². The number of nitrogens with zero attached hydrogens (tertiary/aromatic N) is 1. The van der Waals surface area contributed by atoms with E-state index in [-0.39, 0.29) is 5.91 Å². The lowest BCUT2D eigenvalue weighted by Gasteiger charge is -2.09. The van der Waals surface area contributed by atoms with E-state index in [2.05, 4.69) is 10.2 Å². The Balaban J connectivity index is 2.27. The Labute approximate surface area is 119 Å². The zero-order valence-electron chi connectivity index (χ0n) is 11.8. The van der Waals surface area contributed by atoms with Crippen LogP contribution in [0.5, 0.6) is 5.75 Å². The summed E-state index contributed by atoms with van der Waals surface area (Å²) in [6.07, 6.45) is 0. The Morgan fingerprint density at radius 2 is 2.00 bits per heavy atom. The third-order valence-electron chi connectivity index (χ3n) is 2.37. The lowest BCUT2D eigenvalue weighted by molar-refractivity contribution is -0.113. The van der Waals surface area contributed by atoms with Crippen molar-refractivity contribution in [2.24, 2.45) is 0 Å². The molecule has 0 aromatic heterocycles. The minimum Gasteiger partial charge on any atom is -0.494 e. The number of benzene rings is 1. The van der Waals surface area contributed by atoms with E-state index in [4.69, 9.17) is 4.74 Å². The van der Waals surface area contributed by atoms with Gasteiger partial charge < -0.3 is 15.0 Å². The zero-order chi connectivity index (χ0) is 14.1. The number of rotatable bonds is 8. The molecule has 0 aliphatic heterocycles. The summed E-state index contributed by atoms with van der Waals surface area (Å²) in [6.45, 7) is 3.58. The summed E-state index contributed by atoms with van der Waals surface area (Å²) in [7, 11) is 4.06. The summed E-state index contributed by atoms with van der Waals surface area (Å²) in [5.41, 5.74) is 0.807. The maximum absolute atomic E-state index is 11.7. The molecular weight excluding hydrogens is 260 g/mol. The van der Waals surface area contributed by atoms with E-state index in [1.807, 2.05) is 45.3 Å². The number of ether oxygens (including phenoxy) is 1. The molecule has 1 N–H and O–H groups in total. The summed E-state index contributed by atoms with van der Waals surface area (Å²) in [4.78, 5) is 13.8. The Morgan fingerprint density at radius 3 is 2.58 bits per heavy atom. The van der Waals surface area contributed by atoms with E-state index in [0.29, 0.717) is 12.4 Å². The van der Waals surface area contributed by atoms with Crippen LogP contribution in [-0.2, 0) is 4.79 Å². The predicted molar refractivity (Wildman–Crippen MR) is 82.1 cm³/mol. The molecule has 0 spiro atoms. The fourth-order valence-electron chi connectivity index (χ4n) is 1.41. The van der Waals surface area contributed by atoms with Crippen LogP contribution in [0.15, 0.2) is 24.3 Å². The summed E-state index contributed by atoms with van der Waals surface area (Å²) in [6, 6.07) is 7.43. The molecule has 1 amide bonds. The van der Waals surface area contributed by atoms with Crippen LogP contribution in [0.4, 0.5) is 5.69 Å². The van der Waals surface area contributed by atoms with Gasteiger partial charge in [-0.1, -0.05) is 0 Å². The summed E-state index contributed by atoms with van der Waals surface area (Å²) in [5.74, 6) is 2.30. The molecule has 19 heavy (non-hydrogen) atoms. The largest absolute Gasteiger partial charge is 0.494 e. The number of nitrogens with one attached hydrogen (secondary N) is 1. The number of amides is 1. The van der Waals surface area contributed by atoms with Crippen LogP contribution >= 0.6 is 11.8 Å². The topological polar surface area (TPSA) is 41.6 Å². The van der Waals surface area contributed by atoms with Crippen molar-refractivity contribution in [1.82, 2.24) is 4.90 Å². The van der Waals surface area contributed by atoms with Gasteiger partial charge >= 0.3 is 0 Å². The number of anilines is 1. The Kier molecular flexibility index (Phi) is 7.36. The second-order valence-corrected chi connectivity index (χ2v) is 5.47. The summed E-state index contributed by atoms with van der Waals surface area (Å²) >= 11 is 1.64. The molecule has 1 rings (SSSR count). The van der Waals surface area contributed by atoms with Crippen molar-refractivity contribution in [1.29, 1.82) is 0 Å². The Bertz CT molecular complexity index is 380. The first-order valence-corrected chi connectivity index (χ1v) is 7.52. The third-order valence-corrected chi connectivity index (χ3v) is 3.30. The average molecular weight is 282 g/mol. The van der Waals surface area contributed by atoms with E-state index in [1.165, 1.54) is 0 Å². The van der Waals surface area contributed by atoms with Gasteiger partial charge in [-0.05, 0) is 45.3 Å². The molecule has 4 nitrogen and oxygen atoms in total. The fourth-order valence-corrected chi connectivity index (χ4v) is 2.31. The van der Waals surface area contributed by atoms with Gasteiger partial charge in [0.05, 0.1) is 12.4 Å². The summed E-state index contributed by atoms with van der Waals surface area (Å²) < 4.78 is 5.35. The highest BCUT2D eigenvalue weighted by Gasteiger charge is 2.03. The quantitative estimate of drug-likeness (QED) is 0.743. The van der Waals surface area contributed by atoms with Gasteiger partial charge in [-0.2, -0.15) is 11.8 Å². The summed E-state index contributed by atoms with van der Waals surface area (Å²) in [5, 5.41) is 2.87. The molecule has 0 saturated heterocycles. The van der Waals surface area contributed by atoms with Crippen LogP contribution < -0.4 is 10.1 Å². The van der Waals surface area contributed by atoms with Crippen LogP contribution in [0.2, 0.25) is 0 Å². The van der Waals surface area contributed by atoms with Gasteiger partial charge in [0.1, 0.15) is 5.75 Å². The van der Waals surface area contributed by atoms with Crippen molar-refractivity contribution in [3.8, 4) is 5.75 Å². The maximum Gasteiger partial charge on any atom is 0.234 e. The molecular formula is C14H22N2O2S. The van der Waals surface area contributed by atoms with Gasteiger partial charge in [0.25, 0.3) is 0 Å². The van der Waals surface area contributed by atoms with E-state index in [0.717, 1.165) is 23.7 Å². The number of carbonyl (C=O) groups is 1. The number of thioether (sulfide) groups is 1. The smallest absolute Gasteiger partial charge is 0.234 e. The molecule has 5 heteroatoms. The first-order chi connectivity index (χ1) is 9.11. The van der Waals surface area contributed by atoms with Crippen LogP contribution in [0, 0.1) is 0 Å². The van der Waals surface area contributed by atoms with Crippen molar-refractivity contribution < 1.29 is 9.53 Å². The molecule has 106 valence electrons. The Morgan fingerprint density at radius 1 is 1.32 bits per heavy atom. The highest BCUT2D eigenvalue weighted by atomic mass is 32.2. The maximum atomic E-state index is 11.7. The van der Waals surface area contributed by atoms with Crippen molar-refractivity contribution in [3.05, 3.63) is 24.3 Å². The van der Waals surface area contributed by atoms with E-state index in [1.54, 1.807) is 11.8 Å². The number of hydrogen-bond donors (Lipinski definition) is 1. The van der Waals surface area contributed by atoms with Crippen molar-refractivity contribution in [2.45, 2.75) is 6.92 Å². The van der Waals surface area contributed by atoms with E-state index in [9.17, 15) is 4.79 Å². The molecule has 0 radical (unpaired) electrons. The van der Waals surface area contributed by atoms with E-state index >= 15 is 0 Å². The van der Waals surface area contributed by atoms with Crippen molar-refractivity contribution in [2.75, 3.05) is 44.1 Å².